The van der Waals surface area contributed by atoms with Gasteiger partial charge in [0.1, 0.15) is 0 Å². The summed E-state index contributed by atoms with van der Waals surface area (Å²) in [5, 5.41) is 6.89. The molecule has 0 aromatic carbocycles. The van der Waals surface area contributed by atoms with E-state index in [0.717, 1.165) is 24.2 Å². The molecular formula is C12H24N4. The van der Waals surface area contributed by atoms with Gasteiger partial charge in [-0.2, -0.15) is 0 Å². The molecule has 0 aromatic rings. The summed E-state index contributed by atoms with van der Waals surface area (Å²) in [7, 11) is 4.43. The molecule has 4 heteroatoms. The summed E-state index contributed by atoms with van der Waals surface area (Å²) in [6.07, 6.45) is 2.77. The number of hydrogen-bond acceptors (Lipinski definition) is 4. The minimum atomic E-state index is 0.824. The van der Waals surface area contributed by atoms with E-state index in [2.05, 4.69) is 34.5 Å². The van der Waals surface area contributed by atoms with Crippen LogP contribution in [0.15, 0.2) is 0 Å². The Morgan fingerprint density at radius 3 is 1.38 bits per heavy atom. The lowest BCUT2D eigenvalue weighted by molar-refractivity contribution is 0.276. The van der Waals surface area contributed by atoms with Crippen molar-refractivity contribution in [2.45, 2.75) is 37.0 Å². The molecule has 4 rings (SSSR count). The molecule has 92 valence electrons. The summed E-state index contributed by atoms with van der Waals surface area (Å²) in [6, 6.07) is 3.37. The molecule has 4 bridgehead atoms. The van der Waals surface area contributed by atoms with Crippen molar-refractivity contribution >= 4 is 0 Å². The molecule has 0 unspecified atom stereocenters. The van der Waals surface area contributed by atoms with Crippen molar-refractivity contribution < 1.29 is 0 Å². The Hall–Kier alpha value is -0.160. The average molecular weight is 224 g/mol. The highest BCUT2D eigenvalue weighted by atomic mass is 15.3. The normalized spacial score (nSPS) is 46.1. The first kappa shape index (κ1) is 11.0. The molecule has 0 amide bonds. The fourth-order valence-corrected chi connectivity index (χ4v) is 3.54. The number of likely N-dealkylation sites (N-methyl/N-ethyl adjacent to an activating group) is 2. The first-order valence-corrected chi connectivity index (χ1v) is 6.59. The molecule has 2 N–H and O–H groups in total. The number of rotatable bonds is 0. The van der Waals surface area contributed by atoms with Crippen LogP contribution in [0, 0.1) is 0 Å². The Bertz CT molecular complexity index is 227. The smallest absolute Gasteiger partial charge is 0.0233 e. The van der Waals surface area contributed by atoms with E-state index in [-0.39, 0.29) is 0 Å². The molecule has 4 aliphatic rings. The molecule has 4 atom stereocenters. The Labute approximate surface area is 98.4 Å². The average Bonchev–Trinajstić information content (AvgIpc) is 2.94. The number of fused-ring (bicyclic) bond motifs is 4. The van der Waals surface area contributed by atoms with Gasteiger partial charge in [-0.05, 0) is 26.9 Å². The van der Waals surface area contributed by atoms with E-state index in [4.69, 9.17) is 0 Å². The highest BCUT2D eigenvalue weighted by Crippen LogP contribution is 2.21. The van der Waals surface area contributed by atoms with Gasteiger partial charge in [-0.15, -0.1) is 0 Å². The van der Waals surface area contributed by atoms with Crippen LogP contribution in [0.3, 0.4) is 0 Å². The van der Waals surface area contributed by atoms with Crippen LogP contribution >= 0.6 is 0 Å². The van der Waals surface area contributed by atoms with Gasteiger partial charge in [0, 0.05) is 50.3 Å². The van der Waals surface area contributed by atoms with Crippen LogP contribution in [0.2, 0.25) is 0 Å². The second kappa shape index (κ2) is 4.26. The lowest BCUT2D eigenvalue weighted by Crippen LogP contribution is -2.41. The van der Waals surface area contributed by atoms with Gasteiger partial charge in [-0.25, -0.2) is 0 Å². The molecule has 0 aromatic heterocycles. The van der Waals surface area contributed by atoms with E-state index in [9.17, 15) is 0 Å². The van der Waals surface area contributed by atoms with Gasteiger partial charge in [-0.1, -0.05) is 0 Å². The third kappa shape index (κ3) is 1.99. The number of hydrogen-bond donors (Lipinski definition) is 2. The summed E-state index contributed by atoms with van der Waals surface area (Å²) < 4.78 is 0. The maximum Gasteiger partial charge on any atom is 0.0233 e. The summed E-state index contributed by atoms with van der Waals surface area (Å²) in [5.74, 6) is 0. The molecule has 0 aliphatic carbocycles. The molecule has 4 aliphatic heterocycles. The van der Waals surface area contributed by atoms with Gasteiger partial charge in [-0.3, -0.25) is 0 Å². The molecule has 0 spiro atoms. The van der Waals surface area contributed by atoms with Gasteiger partial charge in [0.25, 0.3) is 0 Å². The summed E-state index contributed by atoms with van der Waals surface area (Å²) in [6.45, 7) is 4.98. The van der Waals surface area contributed by atoms with Crippen molar-refractivity contribution in [3.05, 3.63) is 0 Å². The van der Waals surface area contributed by atoms with Gasteiger partial charge in [0.05, 0.1) is 0 Å². The predicted molar refractivity (Wildman–Crippen MR) is 65.7 cm³/mol. The van der Waals surface area contributed by atoms with Gasteiger partial charge >= 0.3 is 0 Å². The molecule has 16 heavy (non-hydrogen) atoms. The minimum Gasteiger partial charge on any atom is -0.311 e. The Morgan fingerprint density at radius 1 is 0.812 bits per heavy atom. The van der Waals surface area contributed by atoms with E-state index < -0.39 is 0 Å². The molecule has 0 saturated carbocycles. The van der Waals surface area contributed by atoms with Crippen LogP contribution in [0.1, 0.15) is 12.8 Å². The number of nitrogens with zero attached hydrogens (tertiary/aromatic N) is 2. The van der Waals surface area contributed by atoms with Crippen molar-refractivity contribution in [2.75, 3.05) is 40.3 Å². The van der Waals surface area contributed by atoms with Crippen LogP contribution < -0.4 is 10.6 Å². The summed E-state index contributed by atoms with van der Waals surface area (Å²) >= 11 is 0. The fraction of sp³-hybridized carbons (Fsp3) is 1.00. The Kier molecular flexibility index (Phi) is 2.92. The second-order valence-electron chi connectivity index (χ2n) is 5.87. The van der Waals surface area contributed by atoms with Gasteiger partial charge in [0.2, 0.25) is 0 Å². The van der Waals surface area contributed by atoms with E-state index in [0.29, 0.717) is 0 Å². The molecule has 4 heterocycles. The highest BCUT2D eigenvalue weighted by Gasteiger charge is 2.35. The lowest BCUT2D eigenvalue weighted by Gasteiger charge is -2.21. The van der Waals surface area contributed by atoms with Crippen molar-refractivity contribution in [1.82, 2.24) is 20.4 Å². The van der Waals surface area contributed by atoms with E-state index in [1.54, 1.807) is 0 Å². The fourth-order valence-electron chi connectivity index (χ4n) is 3.54. The second-order valence-corrected chi connectivity index (χ2v) is 5.87. The molecule has 4 nitrogen and oxygen atoms in total. The maximum absolute atomic E-state index is 3.44. The zero-order valence-electron chi connectivity index (χ0n) is 10.4. The van der Waals surface area contributed by atoms with Crippen molar-refractivity contribution in [3.8, 4) is 0 Å². The minimum absolute atomic E-state index is 0.824. The number of piperazine rings is 2. The number of likely N-dealkylation sites (tertiary alicyclic amines) is 2. The molecule has 4 saturated heterocycles. The quantitative estimate of drug-likeness (QED) is 0.571. The van der Waals surface area contributed by atoms with Crippen LogP contribution in [0.25, 0.3) is 0 Å². The van der Waals surface area contributed by atoms with Crippen molar-refractivity contribution in [2.24, 2.45) is 0 Å². The van der Waals surface area contributed by atoms with Crippen LogP contribution in [0.5, 0.6) is 0 Å². The first-order chi connectivity index (χ1) is 7.72. The largest absolute Gasteiger partial charge is 0.311 e. The highest BCUT2D eigenvalue weighted by molar-refractivity contribution is 4.96. The first-order valence-electron chi connectivity index (χ1n) is 6.59. The zero-order valence-corrected chi connectivity index (χ0v) is 10.4. The monoisotopic (exact) mass is 224 g/mol. The third-order valence-electron chi connectivity index (χ3n) is 4.66. The maximum atomic E-state index is 3.44. The van der Waals surface area contributed by atoms with E-state index >= 15 is 0 Å². The van der Waals surface area contributed by atoms with Crippen LogP contribution in [-0.4, -0.2) is 74.2 Å². The molecule has 4 fully saturated rings. The van der Waals surface area contributed by atoms with E-state index in [1.165, 1.54) is 39.0 Å². The van der Waals surface area contributed by atoms with Gasteiger partial charge in [0.15, 0.2) is 0 Å². The standard InChI is InChI=1S/2C6H12N2/c2*1-8-4-5-2-6(8)3-7-5/h2*5-7H,2-4H2,1H3/t2*5-,6-/m00/s1. The molecular weight excluding hydrogens is 200 g/mol. The SMILES string of the molecule is CN1C[C@@H]2C[C@H]1CN2.CN1C[C@@H]2C[C@H]1CN2. The summed E-state index contributed by atoms with van der Waals surface area (Å²) in [4.78, 5) is 4.89. The van der Waals surface area contributed by atoms with Gasteiger partial charge < -0.3 is 20.4 Å². The Balaban J connectivity index is 0.000000101. The van der Waals surface area contributed by atoms with Crippen LogP contribution in [-0.2, 0) is 0 Å². The van der Waals surface area contributed by atoms with Crippen molar-refractivity contribution in [3.63, 3.8) is 0 Å². The number of nitrogens with one attached hydrogen (secondary N) is 2. The summed E-state index contributed by atoms with van der Waals surface area (Å²) in [5.41, 5.74) is 0. The molecule has 0 radical (unpaired) electrons. The third-order valence-corrected chi connectivity index (χ3v) is 4.66. The lowest BCUT2D eigenvalue weighted by atomic mass is 10.2. The van der Waals surface area contributed by atoms with E-state index in [1.807, 2.05) is 0 Å². The zero-order chi connectivity index (χ0) is 11.1. The van der Waals surface area contributed by atoms with Crippen molar-refractivity contribution in [1.29, 1.82) is 0 Å². The predicted octanol–water partition coefficient (Wildman–Crippen LogP) is -0.675. The topological polar surface area (TPSA) is 30.5 Å². The van der Waals surface area contributed by atoms with Crippen LogP contribution in [0.4, 0.5) is 0 Å². The Morgan fingerprint density at radius 2 is 1.25 bits per heavy atom.